The van der Waals surface area contributed by atoms with Crippen molar-refractivity contribution in [2.75, 3.05) is 26.1 Å². The Hall–Kier alpha value is -1.93. The Kier molecular flexibility index (Phi) is 5.38. The second-order valence-electron chi connectivity index (χ2n) is 4.50. The number of sulfonamides is 1. The molecule has 2 aromatic carbocycles. The summed E-state index contributed by atoms with van der Waals surface area (Å²) in [4.78, 5) is 0.104. The van der Waals surface area contributed by atoms with Gasteiger partial charge in [-0.2, -0.15) is 0 Å². The summed E-state index contributed by atoms with van der Waals surface area (Å²) in [6.07, 6.45) is 0. The number of halogens is 1. The Morgan fingerprint density at radius 3 is 2.00 bits per heavy atom. The van der Waals surface area contributed by atoms with E-state index in [0.29, 0.717) is 27.4 Å². The second-order valence-corrected chi connectivity index (χ2v) is 7.04. The van der Waals surface area contributed by atoms with Gasteiger partial charge in [-0.3, -0.25) is 4.72 Å². The number of rotatable bonds is 6. The molecule has 2 rings (SSSR count). The molecule has 0 fully saturated rings. The first-order valence-corrected chi connectivity index (χ1v) is 8.76. The van der Waals surface area contributed by atoms with Gasteiger partial charge >= 0.3 is 0 Å². The van der Waals surface area contributed by atoms with Gasteiger partial charge in [-0.1, -0.05) is 0 Å². The van der Waals surface area contributed by atoms with Gasteiger partial charge in [0.25, 0.3) is 10.0 Å². The molecular weight excluding hydrogens is 386 g/mol. The Bertz CT molecular complexity index is 785. The minimum atomic E-state index is -3.76. The van der Waals surface area contributed by atoms with E-state index in [4.69, 9.17) is 14.2 Å². The van der Waals surface area contributed by atoms with Gasteiger partial charge in [0.05, 0.1) is 36.4 Å². The third-order valence-electron chi connectivity index (χ3n) is 3.04. The van der Waals surface area contributed by atoms with Crippen LogP contribution in [-0.2, 0) is 10.0 Å². The number of methoxy groups -OCH3 is 3. The lowest BCUT2D eigenvalue weighted by Crippen LogP contribution is -2.13. The monoisotopic (exact) mass is 401 g/mol. The average Bonchev–Trinajstić information content (AvgIpc) is 2.53. The fourth-order valence-corrected chi connectivity index (χ4v) is 3.65. The number of ether oxygens (including phenoxy) is 3. The van der Waals surface area contributed by atoms with Crippen molar-refractivity contribution in [3.05, 3.63) is 40.9 Å². The molecule has 0 saturated heterocycles. The van der Waals surface area contributed by atoms with E-state index in [2.05, 4.69) is 20.7 Å². The number of benzene rings is 2. The Morgan fingerprint density at radius 1 is 0.913 bits per heavy atom. The van der Waals surface area contributed by atoms with Gasteiger partial charge in [-0.15, -0.1) is 0 Å². The summed E-state index contributed by atoms with van der Waals surface area (Å²) in [6.45, 7) is 0. The highest BCUT2D eigenvalue weighted by atomic mass is 79.9. The van der Waals surface area contributed by atoms with E-state index in [1.54, 1.807) is 24.3 Å². The van der Waals surface area contributed by atoms with Crippen LogP contribution in [0.25, 0.3) is 0 Å². The Morgan fingerprint density at radius 2 is 1.52 bits per heavy atom. The second kappa shape index (κ2) is 7.10. The molecule has 2 aromatic rings. The van der Waals surface area contributed by atoms with Crippen molar-refractivity contribution in [3.8, 4) is 17.2 Å². The van der Waals surface area contributed by atoms with Gasteiger partial charge in [0.15, 0.2) is 0 Å². The minimum Gasteiger partial charge on any atom is -0.497 e. The SMILES string of the molecule is COc1cc(NS(=O)(=O)c2ccc(OC)c(Br)c2)cc(OC)c1. The van der Waals surface area contributed by atoms with Gasteiger partial charge in [0.1, 0.15) is 17.2 Å². The quantitative estimate of drug-likeness (QED) is 0.803. The zero-order chi connectivity index (χ0) is 17.0. The van der Waals surface area contributed by atoms with Crippen molar-refractivity contribution in [3.63, 3.8) is 0 Å². The van der Waals surface area contributed by atoms with Crippen LogP contribution in [0, 0.1) is 0 Å². The van der Waals surface area contributed by atoms with Crippen LogP contribution in [0.15, 0.2) is 45.8 Å². The van der Waals surface area contributed by atoms with Crippen molar-refractivity contribution in [1.82, 2.24) is 0 Å². The fraction of sp³-hybridized carbons (Fsp3) is 0.200. The van der Waals surface area contributed by atoms with Crippen LogP contribution in [0.3, 0.4) is 0 Å². The van der Waals surface area contributed by atoms with Crippen LogP contribution >= 0.6 is 15.9 Å². The summed E-state index contributed by atoms with van der Waals surface area (Å²) in [7, 11) is 0.739. The number of anilines is 1. The lowest BCUT2D eigenvalue weighted by Gasteiger charge is -2.12. The van der Waals surface area contributed by atoms with E-state index >= 15 is 0 Å². The maximum Gasteiger partial charge on any atom is 0.261 e. The smallest absolute Gasteiger partial charge is 0.261 e. The molecule has 0 heterocycles. The average molecular weight is 402 g/mol. The summed E-state index contributed by atoms with van der Waals surface area (Å²) < 4.78 is 43.4. The maximum absolute atomic E-state index is 12.5. The fourth-order valence-electron chi connectivity index (χ4n) is 1.89. The van der Waals surface area contributed by atoms with Crippen LogP contribution in [0.5, 0.6) is 17.2 Å². The Labute approximate surface area is 143 Å². The summed E-state index contributed by atoms with van der Waals surface area (Å²) >= 11 is 3.27. The molecule has 0 amide bonds. The number of nitrogens with one attached hydrogen (secondary N) is 1. The van der Waals surface area contributed by atoms with E-state index in [-0.39, 0.29) is 4.90 Å². The van der Waals surface area contributed by atoms with Crippen molar-refractivity contribution in [2.45, 2.75) is 4.90 Å². The molecule has 0 unspecified atom stereocenters. The first-order valence-electron chi connectivity index (χ1n) is 6.49. The zero-order valence-electron chi connectivity index (χ0n) is 12.8. The lowest BCUT2D eigenvalue weighted by atomic mass is 10.3. The van der Waals surface area contributed by atoms with Crippen LogP contribution in [0.4, 0.5) is 5.69 Å². The molecule has 0 atom stereocenters. The molecule has 0 aromatic heterocycles. The molecule has 23 heavy (non-hydrogen) atoms. The molecular formula is C15H16BrNO5S. The lowest BCUT2D eigenvalue weighted by molar-refractivity contribution is 0.395. The van der Waals surface area contributed by atoms with Crippen molar-refractivity contribution < 1.29 is 22.6 Å². The summed E-state index contributed by atoms with van der Waals surface area (Å²) in [5.41, 5.74) is 0.341. The van der Waals surface area contributed by atoms with Gasteiger partial charge in [0.2, 0.25) is 0 Å². The molecule has 0 spiro atoms. The normalized spacial score (nSPS) is 11.0. The van der Waals surface area contributed by atoms with Crippen LogP contribution < -0.4 is 18.9 Å². The molecule has 0 aliphatic heterocycles. The topological polar surface area (TPSA) is 73.9 Å². The van der Waals surface area contributed by atoms with Crippen molar-refractivity contribution in [1.29, 1.82) is 0 Å². The number of hydrogen-bond donors (Lipinski definition) is 1. The van der Waals surface area contributed by atoms with Crippen molar-refractivity contribution in [2.24, 2.45) is 0 Å². The molecule has 0 bridgehead atoms. The number of hydrogen-bond acceptors (Lipinski definition) is 5. The van der Waals surface area contributed by atoms with E-state index in [1.807, 2.05) is 0 Å². The van der Waals surface area contributed by atoms with Gasteiger partial charge in [-0.25, -0.2) is 8.42 Å². The van der Waals surface area contributed by atoms with Gasteiger partial charge in [-0.05, 0) is 34.1 Å². The van der Waals surface area contributed by atoms with Gasteiger partial charge in [0, 0.05) is 18.2 Å². The summed E-state index contributed by atoms with van der Waals surface area (Å²) in [5.74, 6) is 1.52. The van der Waals surface area contributed by atoms with Crippen LogP contribution in [0.2, 0.25) is 0 Å². The van der Waals surface area contributed by atoms with Gasteiger partial charge < -0.3 is 14.2 Å². The summed E-state index contributed by atoms with van der Waals surface area (Å²) in [5, 5.41) is 0. The maximum atomic E-state index is 12.5. The molecule has 1 N–H and O–H groups in total. The van der Waals surface area contributed by atoms with Crippen LogP contribution in [-0.4, -0.2) is 29.7 Å². The molecule has 0 radical (unpaired) electrons. The zero-order valence-corrected chi connectivity index (χ0v) is 15.2. The highest BCUT2D eigenvalue weighted by molar-refractivity contribution is 9.10. The first-order chi connectivity index (χ1) is 10.9. The van der Waals surface area contributed by atoms with E-state index < -0.39 is 10.0 Å². The largest absolute Gasteiger partial charge is 0.497 e. The highest BCUT2D eigenvalue weighted by Gasteiger charge is 2.17. The molecule has 0 aliphatic rings. The molecule has 0 saturated carbocycles. The minimum absolute atomic E-state index is 0.104. The Balaban J connectivity index is 2.36. The molecule has 124 valence electrons. The standard InChI is InChI=1S/C15H16BrNO5S/c1-20-11-6-10(7-12(8-11)21-2)17-23(18,19)13-4-5-15(22-3)14(16)9-13/h4-9,17H,1-3H3. The van der Waals surface area contributed by atoms with E-state index in [1.165, 1.54) is 33.5 Å². The third kappa shape index (κ3) is 4.08. The molecule has 6 nitrogen and oxygen atoms in total. The van der Waals surface area contributed by atoms with Crippen LogP contribution in [0.1, 0.15) is 0 Å². The third-order valence-corrected chi connectivity index (χ3v) is 5.04. The first kappa shape index (κ1) is 17.4. The van der Waals surface area contributed by atoms with Crippen molar-refractivity contribution >= 4 is 31.6 Å². The molecule has 8 heteroatoms. The van der Waals surface area contributed by atoms with E-state index in [9.17, 15) is 8.42 Å². The predicted octanol–water partition coefficient (Wildman–Crippen LogP) is 3.28. The predicted molar refractivity (Wildman–Crippen MR) is 91.0 cm³/mol. The molecule has 0 aliphatic carbocycles. The summed E-state index contributed by atoms with van der Waals surface area (Å²) in [6, 6.07) is 9.30. The highest BCUT2D eigenvalue weighted by Crippen LogP contribution is 2.30. The van der Waals surface area contributed by atoms with E-state index in [0.717, 1.165) is 0 Å².